The summed E-state index contributed by atoms with van der Waals surface area (Å²) in [6.45, 7) is 2.60. The van der Waals surface area contributed by atoms with Crippen LogP contribution in [0, 0.1) is 6.92 Å². The Hall–Kier alpha value is -3.10. The van der Waals surface area contributed by atoms with Gasteiger partial charge in [0.25, 0.3) is 5.91 Å². The van der Waals surface area contributed by atoms with Crippen molar-refractivity contribution >= 4 is 86.0 Å². The molecule has 3 aromatic carbocycles. The second-order valence-corrected chi connectivity index (χ2v) is 10.7. The van der Waals surface area contributed by atoms with E-state index in [1.165, 1.54) is 28.8 Å². The van der Waals surface area contributed by atoms with Gasteiger partial charge in [0.1, 0.15) is 0 Å². The van der Waals surface area contributed by atoms with E-state index in [9.17, 15) is 14.7 Å². The average Bonchev–Trinajstić information content (AvgIpc) is 3.29. The van der Waals surface area contributed by atoms with Crippen LogP contribution in [-0.2, 0) is 11.3 Å². The number of carboxylic acid groups (broad SMARTS) is 1. The van der Waals surface area contributed by atoms with Crippen molar-refractivity contribution in [3.8, 4) is 0 Å². The second-order valence-electron chi connectivity index (χ2n) is 8.22. The van der Waals surface area contributed by atoms with E-state index in [4.69, 9.17) is 35.4 Å². The fraction of sp³-hybridized carbons (Fsp3) is 0.0741. The molecule has 1 fully saturated rings. The quantitative estimate of drug-likeness (QED) is 0.206. The van der Waals surface area contributed by atoms with Gasteiger partial charge in [0, 0.05) is 28.7 Å². The van der Waals surface area contributed by atoms with Gasteiger partial charge in [-0.15, -0.1) is 0 Å². The number of anilines is 1. The minimum atomic E-state index is -1.07. The number of thiocarbonyl (C=S) groups is 1. The lowest BCUT2D eigenvalue weighted by atomic mass is 10.1. The van der Waals surface area contributed by atoms with Gasteiger partial charge in [0.2, 0.25) is 0 Å². The third-order valence-corrected chi connectivity index (χ3v) is 8.07. The van der Waals surface area contributed by atoms with Crippen LogP contribution >= 0.6 is 47.2 Å². The van der Waals surface area contributed by atoms with Crippen LogP contribution < -0.4 is 4.90 Å². The molecule has 0 aliphatic carbocycles. The largest absolute Gasteiger partial charge is 0.478 e. The van der Waals surface area contributed by atoms with Gasteiger partial charge in [-0.1, -0.05) is 77.5 Å². The van der Waals surface area contributed by atoms with Crippen molar-refractivity contribution in [3.63, 3.8) is 0 Å². The van der Waals surface area contributed by atoms with Crippen molar-refractivity contribution in [1.29, 1.82) is 0 Å². The van der Waals surface area contributed by atoms with Crippen LogP contribution in [0.4, 0.5) is 5.69 Å². The molecule has 0 saturated carbocycles. The van der Waals surface area contributed by atoms with Gasteiger partial charge in [0.15, 0.2) is 4.32 Å². The first-order valence-corrected chi connectivity index (χ1v) is 12.9. The molecule has 0 spiro atoms. The Morgan fingerprint density at radius 1 is 1.06 bits per heavy atom. The second kappa shape index (κ2) is 9.75. The Morgan fingerprint density at radius 2 is 1.83 bits per heavy atom. The molecule has 9 heteroatoms. The number of benzene rings is 3. The minimum absolute atomic E-state index is 0.0896. The first-order valence-electron chi connectivity index (χ1n) is 10.9. The molecule has 0 atom stereocenters. The lowest BCUT2D eigenvalue weighted by Gasteiger charge is -2.14. The maximum atomic E-state index is 13.4. The number of carbonyl (C=O) groups is 2. The van der Waals surface area contributed by atoms with E-state index in [-0.39, 0.29) is 11.5 Å². The number of aromatic carboxylic acids is 1. The van der Waals surface area contributed by atoms with Gasteiger partial charge in [-0.05, 0) is 55.0 Å². The number of hydrogen-bond acceptors (Lipinski definition) is 4. The summed E-state index contributed by atoms with van der Waals surface area (Å²) >= 11 is 19.0. The van der Waals surface area contributed by atoms with Gasteiger partial charge in [-0.3, -0.25) is 9.69 Å². The molecule has 2 heterocycles. The van der Waals surface area contributed by atoms with Gasteiger partial charge < -0.3 is 9.67 Å². The molecule has 0 radical (unpaired) electrons. The standard InChI is InChI=1S/C27H18Cl2N2O3S2/c1-15-20(13-24-25(32)31(27(35)36-24)18-6-4-5-17(12-18)26(33)34)19-7-2-3-8-23(19)30(15)14-16-9-10-21(28)22(29)11-16/h2-13H,14H2,1H3,(H,33,34)/b24-13-. The highest BCUT2D eigenvalue weighted by Crippen LogP contribution is 2.38. The molecular weight excluding hydrogens is 535 g/mol. The number of fused-ring (bicyclic) bond motifs is 1. The first-order chi connectivity index (χ1) is 17.2. The van der Waals surface area contributed by atoms with E-state index < -0.39 is 5.97 Å². The van der Waals surface area contributed by atoms with E-state index >= 15 is 0 Å². The van der Waals surface area contributed by atoms with Crippen LogP contribution in [0.15, 0.2) is 71.6 Å². The third kappa shape index (κ3) is 4.44. The van der Waals surface area contributed by atoms with Crippen LogP contribution in [0.2, 0.25) is 10.0 Å². The normalized spacial score (nSPS) is 14.9. The molecule has 1 aliphatic heterocycles. The summed E-state index contributed by atoms with van der Waals surface area (Å²) in [5.74, 6) is -1.35. The summed E-state index contributed by atoms with van der Waals surface area (Å²) in [5, 5.41) is 11.3. The van der Waals surface area contributed by atoms with Crippen molar-refractivity contribution in [2.24, 2.45) is 0 Å². The molecule has 1 N–H and O–H groups in total. The molecule has 0 bridgehead atoms. The molecule has 0 unspecified atom stereocenters. The number of amides is 1. The summed E-state index contributed by atoms with van der Waals surface area (Å²) in [5.41, 5.74) is 4.46. The zero-order chi connectivity index (χ0) is 25.6. The van der Waals surface area contributed by atoms with Crippen molar-refractivity contribution in [3.05, 3.63) is 104 Å². The Kier molecular flexibility index (Phi) is 6.66. The maximum absolute atomic E-state index is 13.4. The van der Waals surface area contributed by atoms with E-state index in [0.717, 1.165) is 27.7 Å². The third-order valence-electron chi connectivity index (χ3n) is 6.02. The summed E-state index contributed by atoms with van der Waals surface area (Å²) in [4.78, 5) is 26.6. The number of hydrogen-bond donors (Lipinski definition) is 1. The predicted octanol–water partition coefficient (Wildman–Crippen LogP) is 7.41. The lowest BCUT2D eigenvalue weighted by Crippen LogP contribution is -2.27. The Balaban J connectivity index is 1.55. The topological polar surface area (TPSA) is 62.5 Å². The number of carboxylic acids is 1. The predicted molar refractivity (Wildman–Crippen MR) is 151 cm³/mol. The average molecular weight is 553 g/mol. The number of nitrogens with zero attached hydrogens (tertiary/aromatic N) is 2. The first kappa shape index (κ1) is 24.6. The molecule has 1 saturated heterocycles. The summed E-state index contributed by atoms with van der Waals surface area (Å²) in [7, 11) is 0. The maximum Gasteiger partial charge on any atom is 0.335 e. The van der Waals surface area contributed by atoms with Crippen LogP contribution in [-0.4, -0.2) is 25.9 Å². The van der Waals surface area contributed by atoms with Crippen LogP contribution in [0.25, 0.3) is 17.0 Å². The van der Waals surface area contributed by atoms with E-state index in [2.05, 4.69) is 4.57 Å². The fourth-order valence-corrected chi connectivity index (χ4v) is 5.87. The number of aromatic nitrogens is 1. The van der Waals surface area contributed by atoms with Crippen molar-refractivity contribution in [2.75, 3.05) is 4.90 Å². The molecule has 36 heavy (non-hydrogen) atoms. The van der Waals surface area contributed by atoms with E-state index in [1.54, 1.807) is 18.2 Å². The number of carbonyl (C=O) groups excluding carboxylic acids is 1. The highest BCUT2D eigenvalue weighted by atomic mass is 35.5. The van der Waals surface area contributed by atoms with E-state index in [0.29, 0.717) is 31.5 Å². The molecule has 5 rings (SSSR count). The summed E-state index contributed by atoms with van der Waals surface area (Å²) in [6, 6.07) is 19.8. The molecule has 4 aromatic rings. The zero-order valence-electron chi connectivity index (χ0n) is 18.9. The minimum Gasteiger partial charge on any atom is -0.478 e. The van der Waals surface area contributed by atoms with Crippen LogP contribution in [0.1, 0.15) is 27.2 Å². The monoisotopic (exact) mass is 552 g/mol. The number of rotatable bonds is 5. The van der Waals surface area contributed by atoms with Gasteiger partial charge in [-0.2, -0.15) is 0 Å². The molecule has 5 nitrogen and oxygen atoms in total. The SMILES string of the molecule is Cc1c(/C=C2\SC(=S)N(c3cccc(C(=O)O)c3)C2=O)c2ccccc2n1Cc1ccc(Cl)c(Cl)c1. The molecule has 1 amide bonds. The highest BCUT2D eigenvalue weighted by molar-refractivity contribution is 8.27. The molecular formula is C27H18Cl2N2O3S2. The fourth-order valence-electron chi connectivity index (χ4n) is 4.26. The zero-order valence-corrected chi connectivity index (χ0v) is 22.0. The summed E-state index contributed by atoms with van der Waals surface area (Å²) in [6.07, 6.45) is 1.86. The Bertz CT molecular complexity index is 1610. The van der Waals surface area contributed by atoms with Crippen LogP contribution in [0.5, 0.6) is 0 Å². The van der Waals surface area contributed by atoms with Crippen LogP contribution in [0.3, 0.4) is 0 Å². The van der Waals surface area contributed by atoms with Gasteiger partial charge in [0.05, 0.1) is 26.2 Å². The number of thioether (sulfide) groups is 1. The molecule has 1 aromatic heterocycles. The number of para-hydroxylation sites is 1. The van der Waals surface area contributed by atoms with E-state index in [1.807, 2.05) is 49.4 Å². The highest BCUT2D eigenvalue weighted by Gasteiger charge is 2.34. The smallest absolute Gasteiger partial charge is 0.335 e. The number of halogens is 2. The van der Waals surface area contributed by atoms with Gasteiger partial charge in [-0.25, -0.2) is 4.79 Å². The lowest BCUT2D eigenvalue weighted by molar-refractivity contribution is -0.113. The molecule has 1 aliphatic rings. The van der Waals surface area contributed by atoms with Crippen molar-refractivity contribution < 1.29 is 14.7 Å². The Morgan fingerprint density at radius 3 is 2.58 bits per heavy atom. The van der Waals surface area contributed by atoms with Crippen molar-refractivity contribution in [1.82, 2.24) is 4.57 Å². The molecule has 180 valence electrons. The van der Waals surface area contributed by atoms with Crippen molar-refractivity contribution in [2.45, 2.75) is 13.5 Å². The Labute approximate surface area is 226 Å². The van der Waals surface area contributed by atoms with Gasteiger partial charge >= 0.3 is 5.97 Å². The summed E-state index contributed by atoms with van der Waals surface area (Å²) < 4.78 is 2.53.